The summed E-state index contributed by atoms with van der Waals surface area (Å²) in [7, 11) is 0. The normalized spacial score (nSPS) is 16.5. The van der Waals surface area contributed by atoms with Gasteiger partial charge in [-0.3, -0.25) is 0 Å². The van der Waals surface area contributed by atoms with E-state index >= 15 is 4.39 Å². The van der Waals surface area contributed by atoms with Crippen LogP contribution in [-0.2, 0) is 25.1 Å². The standard InChI is InChI=1S/C25H5F33O4/c1-3(2)12(59)61-24(56,57)25(58,62-14(35,36)4-5(26)7(28)9(30)8(29)6(4)27)60-11(32)10(31)13(33,34)15(37,38)16(39,40)17(41,42)18(43,44)19(45,46)20(47,48)21(49,50)22(51,52)23(53,54)55/h1H2,2H3. The second kappa shape index (κ2) is 15.4. The Balaban J connectivity index is 4.16. The lowest BCUT2D eigenvalue weighted by molar-refractivity contribution is -0.506. The number of ether oxygens (including phenoxy) is 3. The molecule has 0 spiro atoms. The summed E-state index contributed by atoms with van der Waals surface area (Å²) in [6, 6.07) is -13.3. The number of allylic oxidation sites excluding steroid dienone is 1. The number of benzene rings is 1. The van der Waals surface area contributed by atoms with Crippen LogP contribution < -0.4 is 0 Å². The average Bonchev–Trinajstić information content (AvgIpc) is 3.07. The van der Waals surface area contributed by atoms with E-state index in [1.165, 1.54) is 0 Å². The molecule has 0 aromatic heterocycles. The van der Waals surface area contributed by atoms with Crippen molar-refractivity contribution in [2.24, 2.45) is 0 Å². The molecule has 0 bridgehead atoms. The van der Waals surface area contributed by atoms with E-state index in [4.69, 9.17) is 0 Å². The Labute approximate surface area is 314 Å². The molecule has 1 aromatic carbocycles. The number of carbonyl (C=O) groups excluding carboxylic acids is 1. The van der Waals surface area contributed by atoms with Crippen LogP contribution in [-0.4, -0.2) is 77.6 Å². The van der Waals surface area contributed by atoms with Crippen molar-refractivity contribution in [2.75, 3.05) is 0 Å². The van der Waals surface area contributed by atoms with Crippen molar-refractivity contribution in [1.29, 1.82) is 0 Å². The maximum Gasteiger partial charge on any atom is 0.505 e. The van der Waals surface area contributed by atoms with Gasteiger partial charge in [0.15, 0.2) is 23.3 Å². The minimum atomic E-state index is -9.90. The highest BCUT2D eigenvalue weighted by molar-refractivity contribution is 5.87. The molecular weight excluding hydrogens is 991 g/mol. The van der Waals surface area contributed by atoms with Gasteiger partial charge in [-0.2, -0.15) is 123 Å². The first kappa shape index (κ1) is 55.6. The molecular formula is C25H5F33O4. The summed E-state index contributed by atoms with van der Waals surface area (Å²) in [5.41, 5.74) is -5.71. The SMILES string of the molecule is C=C(C)C(=O)OC(F)(F)C(F)(OC(F)=C(F)C(F)(F)C(F)(F)C(F)(F)C(F)(F)C(F)(F)C(F)(F)C(F)(F)C(F)(F)C(F)(F)C(F)(F)F)OC(F)(F)c1c(F)c(F)c(F)c(F)c1F. The summed E-state index contributed by atoms with van der Waals surface area (Å²) in [4.78, 5) is 11.4. The molecule has 37 heteroatoms. The molecule has 1 rings (SSSR count). The molecule has 1 unspecified atom stereocenters. The van der Waals surface area contributed by atoms with Crippen LogP contribution in [0.15, 0.2) is 24.0 Å². The quantitative estimate of drug-likeness (QED) is 0.0297. The largest absolute Gasteiger partial charge is 0.505 e. The third kappa shape index (κ3) is 7.83. The number of esters is 1. The predicted octanol–water partition coefficient (Wildman–Crippen LogP) is 12.2. The van der Waals surface area contributed by atoms with Gasteiger partial charge in [-0.05, 0) is 6.92 Å². The Morgan fingerprint density at radius 2 is 0.742 bits per heavy atom. The monoisotopic (exact) mass is 996 g/mol. The lowest BCUT2D eigenvalue weighted by atomic mass is 9.86. The molecule has 0 amide bonds. The Hall–Kier alpha value is -4.38. The van der Waals surface area contributed by atoms with Crippen molar-refractivity contribution < 1.29 is 164 Å². The second-order valence-electron chi connectivity index (χ2n) is 11.1. The van der Waals surface area contributed by atoms with E-state index in [1.807, 2.05) is 4.74 Å². The number of alkyl halides is 26. The molecule has 0 aliphatic carbocycles. The van der Waals surface area contributed by atoms with E-state index < -0.39 is 136 Å². The summed E-state index contributed by atoms with van der Waals surface area (Å²) in [5, 5.41) is 0. The number of hydrogen-bond acceptors (Lipinski definition) is 4. The molecule has 0 saturated heterocycles. The summed E-state index contributed by atoms with van der Waals surface area (Å²) in [6.07, 6.45) is -23.1. The summed E-state index contributed by atoms with van der Waals surface area (Å²) in [5.74, 6) is -113. The summed E-state index contributed by atoms with van der Waals surface area (Å²) >= 11 is 0. The van der Waals surface area contributed by atoms with Crippen molar-refractivity contribution in [3.63, 3.8) is 0 Å². The van der Waals surface area contributed by atoms with Crippen LogP contribution >= 0.6 is 0 Å². The number of halogens is 33. The molecule has 0 saturated carbocycles. The van der Waals surface area contributed by atoms with E-state index in [1.54, 1.807) is 0 Å². The average molecular weight is 996 g/mol. The van der Waals surface area contributed by atoms with Crippen LogP contribution in [0.1, 0.15) is 12.5 Å². The Morgan fingerprint density at radius 1 is 0.452 bits per heavy atom. The summed E-state index contributed by atoms with van der Waals surface area (Å²) < 4.78 is 461. The highest BCUT2D eigenvalue weighted by Gasteiger charge is 2.98. The third-order valence-electron chi connectivity index (χ3n) is 6.86. The van der Waals surface area contributed by atoms with E-state index in [0.717, 1.165) is 0 Å². The molecule has 0 aliphatic rings. The molecule has 1 aromatic rings. The van der Waals surface area contributed by atoms with Crippen LogP contribution in [0.3, 0.4) is 0 Å². The van der Waals surface area contributed by atoms with Crippen LogP contribution in [0.25, 0.3) is 0 Å². The minimum Gasteiger partial charge on any atom is -0.400 e. The van der Waals surface area contributed by atoms with E-state index in [9.17, 15) is 145 Å². The Kier molecular flexibility index (Phi) is 13.8. The minimum absolute atomic E-state index is 0.145. The fourth-order valence-electron chi connectivity index (χ4n) is 3.46. The van der Waals surface area contributed by atoms with E-state index in [0.29, 0.717) is 0 Å². The maximum absolute atomic E-state index is 15.2. The lowest BCUT2D eigenvalue weighted by Gasteiger charge is -2.44. The van der Waals surface area contributed by atoms with Gasteiger partial charge in [0.1, 0.15) is 5.56 Å². The molecule has 0 fully saturated rings. The Morgan fingerprint density at radius 3 is 1.05 bits per heavy atom. The fourth-order valence-corrected chi connectivity index (χ4v) is 3.46. The third-order valence-corrected chi connectivity index (χ3v) is 6.86. The van der Waals surface area contributed by atoms with E-state index in [-0.39, 0.29) is 6.92 Å². The van der Waals surface area contributed by atoms with Gasteiger partial charge in [0.25, 0.3) is 0 Å². The van der Waals surface area contributed by atoms with Crippen LogP contribution in [0.4, 0.5) is 145 Å². The van der Waals surface area contributed by atoms with Crippen molar-refractivity contribution in [3.05, 3.63) is 58.6 Å². The highest BCUT2D eigenvalue weighted by atomic mass is 19.4. The summed E-state index contributed by atoms with van der Waals surface area (Å²) in [6.45, 7) is 2.51. The molecule has 1 atom stereocenters. The molecule has 0 N–H and O–H groups in total. The number of carbonyl (C=O) groups is 1. The van der Waals surface area contributed by atoms with Crippen molar-refractivity contribution >= 4 is 5.97 Å². The zero-order valence-electron chi connectivity index (χ0n) is 27.3. The molecule has 4 nitrogen and oxygen atoms in total. The highest BCUT2D eigenvalue weighted by Crippen LogP contribution is 2.67. The van der Waals surface area contributed by atoms with Gasteiger partial charge in [0.05, 0.1) is 0 Å². The Bertz CT molecular complexity index is 1910. The zero-order valence-corrected chi connectivity index (χ0v) is 27.3. The first-order chi connectivity index (χ1) is 26.7. The smallest absolute Gasteiger partial charge is 0.400 e. The van der Waals surface area contributed by atoms with Gasteiger partial charge >= 0.3 is 89.7 Å². The van der Waals surface area contributed by atoms with Crippen LogP contribution in [0.5, 0.6) is 0 Å². The van der Waals surface area contributed by atoms with Gasteiger partial charge in [-0.1, -0.05) is 6.58 Å². The predicted molar refractivity (Wildman–Crippen MR) is 122 cm³/mol. The van der Waals surface area contributed by atoms with Crippen molar-refractivity contribution in [1.82, 2.24) is 0 Å². The first-order valence-electron chi connectivity index (χ1n) is 13.5. The molecule has 62 heavy (non-hydrogen) atoms. The van der Waals surface area contributed by atoms with Gasteiger partial charge in [0, 0.05) is 5.57 Å². The fraction of sp³-hybridized carbons (Fsp3) is 0.560. The molecule has 360 valence electrons. The molecule has 0 radical (unpaired) electrons. The number of hydrogen-bond donors (Lipinski definition) is 0. The van der Waals surface area contributed by atoms with Crippen LogP contribution in [0, 0.1) is 29.1 Å². The maximum atomic E-state index is 15.2. The van der Waals surface area contributed by atoms with Crippen LogP contribution in [0.2, 0.25) is 0 Å². The topological polar surface area (TPSA) is 44.8 Å². The van der Waals surface area contributed by atoms with Gasteiger partial charge < -0.3 is 9.47 Å². The lowest BCUT2D eigenvalue weighted by Crippen LogP contribution is -2.76. The first-order valence-corrected chi connectivity index (χ1v) is 13.5. The van der Waals surface area contributed by atoms with Gasteiger partial charge in [-0.25, -0.2) is 31.5 Å². The van der Waals surface area contributed by atoms with Gasteiger partial charge in [0.2, 0.25) is 11.6 Å². The van der Waals surface area contributed by atoms with Crippen molar-refractivity contribution in [2.45, 2.75) is 84.7 Å². The van der Waals surface area contributed by atoms with E-state index in [2.05, 4.69) is 16.1 Å². The number of rotatable bonds is 17. The second-order valence-corrected chi connectivity index (χ2v) is 11.1. The molecule has 0 aliphatic heterocycles. The van der Waals surface area contributed by atoms with Gasteiger partial charge in [-0.15, -0.1) is 0 Å². The molecule has 0 heterocycles. The van der Waals surface area contributed by atoms with Crippen molar-refractivity contribution in [3.8, 4) is 0 Å². The zero-order chi connectivity index (χ0) is 50.4.